The zero-order valence-corrected chi connectivity index (χ0v) is 14.1. The Morgan fingerprint density at radius 3 is 1.94 bits per heavy atom. The maximum atomic E-state index is 11.0. The number of ketones is 2. The Hall–Kier alpha value is -0.0500. The fourth-order valence-electron chi connectivity index (χ4n) is 0.970. The Morgan fingerprint density at radius 2 is 1.62 bits per heavy atom. The van der Waals surface area contributed by atoms with Crippen molar-refractivity contribution in [2.24, 2.45) is 0 Å². The van der Waals surface area contributed by atoms with Crippen molar-refractivity contribution in [3.63, 3.8) is 0 Å². The highest BCUT2D eigenvalue weighted by molar-refractivity contribution is 15.0. The molecule has 0 aliphatic rings. The lowest BCUT2D eigenvalue weighted by Gasteiger charge is -1.99. The molecular formula is C11H15I2NO2. The summed E-state index contributed by atoms with van der Waals surface area (Å²) in [7, 11) is 0. The van der Waals surface area contributed by atoms with Crippen molar-refractivity contribution in [1.29, 1.82) is 0 Å². The summed E-state index contributed by atoms with van der Waals surface area (Å²) in [6.07, 6.45) is 1.50. The van der Waals surface area contributed by atoms with Crippen LogP contribution in [0, 0.1) is 0 Å². The van der Waals surface area contributed by atoms with E-state index in [9.17, 15) is 9.59 Å². The van der Waals surface area contributed by atoms with Gasteiger partial charge >= 0.3 is 0 Å². The standard InChI is InChI=1S/C9H9NO2.C2H6.I2/c1-6(11)8-4-3-5-10-9(8)7(2)12;2*1-2/h3-5H,1-2H3;1-2H3;. The predicted octanol–water partition coefficient (Wildman–Crippen LogP) is 4.28. The molecule has 0 unspecified atom stereocenters. The molecule has 1 aromatic heterocycles. The van der Waals surface area contributed by atoms with Gasteiger partial charge in [-0.25, -0.2) is 0 Å². The number of nitrogens with zero attached hydrogens (tertiary/aromatic N) is 1. The zero-order chi connectivity index (χ0) is 13.1. The van der Waals surface area contributed by atoms with Crippen molar-refractivity contribution in [2.75, 3.05) is 0 Å². The van der Waals surface area contributed by atoms with Gasteiger partial charge in [-0.3, -0.25) is 14.6 Å². The highest BCUT2D eigenvalue weighted by atomic mass is 128. The maximum Gasteiger partial charge on any atom is 0.178 e. The summed E-state index contributed by atoms with van der Waals surface area (Å²) in [5.41, 5.74) is 0.648. The first kappa shape index (κ1) is 18.3. The molecule has 5 heteroatoms. The van der Waals surface area contributed by atoms with Gasteiger partial charge in [-0.2, -0.15) is 0 Å². The molecule has 0 N–H and O–H groups in total. The van der Waals surface area contributed by atoms with Crippen LogP contribution in [0.3, 0.4) is 0 Å². The molecule has 0 aliphatic carbocycles. The van der Waals surface area contributed by atoms with Crippen LogP contribution < -0.4 is 0 Å². The third-order valence-electron chi connectivity index (χ3n) is 1.52. The average molecular weight is 447 g/mol. The van der Waals surface area contributed by atoms with Crippen LogP contribution >= 0.6 is 37.2 Å². The number of pyridine rings is 1. The fraction of sp³-hybridized carbons (Fsp3) is 0.364. The Bertz CT molecular complexity index is 308. The molecule has 3 nitrogen and oxygen atoms in total. The van der Waals surface area contributed by atoms with Crippen molar-refractivity contribution in [2.45, 2.75) is 27.7 Å². The number of carbonyl (C=O) groups is 2. The van der Waals surface area contributed by atoms with E-state index in [0.29, 0.717) is 5.56 Å². The number of Topliss-reactive ketones (excluding diaryl/α,β-unsaturated/α-hetero) is 2. The molecule has 1 aromatic rings. The summed E-state index contributed by atoms with van der Waals surface area (Å²) < 4.78 is 0. The topological polar surface area (TPSA) is 47.0 Å². The molecular weight excluding hydrogens is 432 g/mol. The lowest BCUT2D eigenvalue weighted by atomic mass is 10.1. The molecule has 0 bridgehead atoms. The summed E-state index contributed by atoms with van der Waals surface area (Å²) in [6, 6.07) is 3.25. The molecule has 0 saturated heterocycles. The summed E-state index contributed by atoms with van der Waals surface area (Å²) in [4.78, 5) is 25.8. The highest BCUT2D eigenvalue weighted by Crippen LogP contribution is 2.06. The van der Waals surface area contributed by atoms with Gasteiger partial charge in [-0.05, 0) is 19.1 Å². The quantitative estimate of drug-likeness (QED) is 0.503. The van der Waals surface area contributed by atoms with E-state index in [2.05, 4.69) is 42.2 Å². The number of carbonyl (C=O) groups excluding carboxylic acids is 2. The molecule has 90 valence electrons. The minimum atomic E-state index is -0.180. The van der Waals surface area contributed by atoms with Crippen LogP contribution in [0.2, 0.25) is 0 Å². The Kier molecular flexibility index (Phi) is 13.1. The first-order valence-electron chi connectivity index (χ1n) is 4.74. The van der Waals surface area contributed by atoms with Crippen LogP contribution in [0.5, 0.6) is 0 Å². The number of hydrogen-bond acceptors (Lipinski definition) is 3. The van der Waals surface area contributed by atoms with E-state index in [-0.39, 0.29) is 17.3 Å². The van der Waals surface area contributed by atoms with E-state index in [1.54, 1.807) is 12.1 Å². The SMILES string of the molecule is CC.CC(=O)c1cccnc1C(C)=O.II. The number of hydrogen-bond donors (Lipinski definition) is 0. The number of rotatable bonds is 2. The lowest BCUT2D eigenvalue weighted by Crippen LogP contribution is -2.05. The third kappa shape index (κ3) is 6.51. The minimum absolute atomic E-state index is 0.131. The summed E-state index contributed by atoms with van der Waals surface area (Å²) >= 11 is 4.24. The van der Waals surface area contributed by atoms with Crippen LogP contribution in [-0.4, -0.2) is 16.6 Å². The molecule has 0 spiro atoms. The van der Waals surface area contributed by atoms with Crippen molar-refractivity contribution >= 4 is 48.8 Å². The largest absolute Gasteiger partial charge is 0.294 e. The summed E-state index contributed by atoms with van der Waals surface area (Å²) in [5.74, 6) is -0.311. The Labute approximate surface area is 120 Å². The lowest BCUT2D eigenvalue weighted by molar-refractivity contribution is 0.0977. The van der Waals surface area contributed by atoms with E-state index in [4.69, 9.17) is 0 Å². The average Bonchev–Trinajstić information content (AvgIpc) is 2.34. The Morgan fingerprint density at radius 1 is 1.12 bits per heavy atom. The van der Waals surface area contributed by atoms with Crippen molar-refractivity contribution in [3.05, 3.63) is 29.6 Å². The molecule has 0 radical (unpaired) electrons. The number of halogens is 2. The van der Waals surface area contributed by atoms with Crippen LogP contribution in [0.4, 0.5) is 0 Å². The van der Waals surface area contributed by atoms with Gasteiger partial charge in [0.15, 0.2) is 11.6 Å². The minimum Gasteiger partial charge on any atom is -0.294 e. The molecule has 1 rings (SSSR count). The second-order valence-electron chi connectivity index (χ2n) is 2.51. The second kappa shape index (κ2) is 11.4. The van der Waals surface area contributed by atoms with Crippen LogP contribution in [0.25, 0.3) is 0 Å². The molecule has 0 aliphatic heterocycles. The van der Waals surface area contributed by atoms with Gasteiger partial charge in [-0.1, -0.05) is 13.8 Å². The smallest absolute Gasteiger partial charge is 0.178 e. The molecule has 16 heavy (non-hydrogen) atoms. The molecule has 0 amide bonds. The third-order valence-corrected chi connectivity index (χ3v) is 1.52. The molecule has 1 heterocycles. The van der Waals surface area contributed by atoms with Crippen LogP contribution in [-0.2, 0) is 0 Å². The number of aromatic nitrogens is 1. The molecule has 0 fully saturated rings. The van der Waals surface area contributed by atoms with E-state index >= 15 is 0 Å². The van der Waals surface area contributed by atoms with Gasteiger partial charge in [0.05, 0.1) is 0 Å². The van der Waals surface area contributed by atoms with Gasteiger partial charge in [0.25, 0.3) is 0 Å². The fourth-order valence-corrected chi connectivity index (χ4v) is 0.970. The van der Waals surface area contributed by atoms with E-state index < -0.39 is 0 Å². The summed E-state index contributed by atoms with van der Waals surface area (Å²) in [5, 5.41) is 0. The molecule has 0 atom stereocenters. The van der Waals surface area contributed by atoms with Crippen LogP contribution in [0.1, 0.15) is 48.5 Å². The van der Waals surface area contributed by atoms with Gasteiger partial charge in [-0.15, -0.1) is 0 Å². The highest BCUT2D eigenvalue weighted by Gasteiger charge is 2.10. The van der Waals surface area contributed by atoms with Crippen molar-refractivity contribution in [3.8, 4) is 0 Å². The first-order valence-corrected chi connectivity index (χ1v) is 11.0. The maximum absolute atomic E-state index is 11.0. The molecule has 0 saturated carbocycles. The zero-order valence-electron chi connectivity index (χ0n) is 9.75. The van der Waals surface area contributed by atoms with Gasteiger partial charge in [0, 0.05) is 55.9 Å². The monoisotopic (exact) mass is 447 g/mol. The normalized spacial score (nSPS) is 7.88. The van der Waals surface area contributed by atoms with Crippen LogP contribution in [0.15, 0.2) is 18.3 Å². The first-order chi connectivity index (χ1) is 7.63. The predicted molar refractivity (Wildman–Crippen MR) is 83.6 cm³/mol. The second-order valence-corrected chi connectivity index (χ2v) is 2.51. The van der Waals surface area contributed by atoms with Crippen molar-refractivity contribution < 1.29 is 9.59 Å². The Balaban J connectivity index is 0. The van der Waals surface area contributed by atoms with E-state index in [1.807, 2.05) is 13.8 Å². The van der Waals surface area contributed by atoms with Gasteiger partial charge in [0.1, 0.15) is 5.69 Å². The van der Waals surface area contributed by atoms with E-state index in [0.717, 1.165) is 0 Å². The van der Waals surface area contributed by atoms with Crippen molar-refractivity contribution in [1.82, 2.24) is 4.98 Å². The van der Waals surface area contributed by atoms with Gasteiger partial charge in [0.2, 0.25) is 0 Å². The summed E-state index contributed by atoms with van der Waals surface area (Å²) in [6.45, 7) is 6.82. The van der Waals surface area contributed by atoms with E-state index in [1.165, 1.54) is 20.0 Å². The molecule has 0 aromatic carbocycles. The van der Waals surface area contributed by atoms with Gasteiger partial charge < -0.3 is 0 Å².